The Bertz CT molecular complexity index is 1340. The largest absolute Gasteiger partial charge is 0.493 e. The second-order valence-electron chi connectivity index (χ2n) is 9.07. The Balaban J connectivity index is 1.26. The molecule has 1 aromatic heterocycles. The van der Waals surface area contributed by atoms with E-state index in [0.29, 0.717) is 40.2 Å². The molecule has 1 fully saturated rings. The number of rotatable bonds is 7. The van der Waals surface area contributed by atoms with Crippen molar-refractivity contribution in [2.75, 3.05) is 19.5 Å². The van der Waals surface area contributed by atoms with Crippen LogP contribution in [0, 0.1) is 0 Å². The lowest BCUT2D eigenvalue weighted by Gasteiger charge is -2.22. The molecule has 0 spiro atoms. The van der Waals surface area contributed by atoms with Crippen molar-refractivity contribution in [2.45, 2.75) is 38.0 Å². The van der Waals surface area contributed by atoms with Crippen molar-refractivity contribution in [2.24, 2.45) is 0 Å². The molecule has 6 heteroatoms. The van der Waals surface area contributed by atoms with Gasteiger partial charge in [-0.15, -0.1) is 0 Å². The minimum Gasteiger partial charge on any atom is -0.493 e. The molecule has 0 atom stereocenters. The zero-order chi connectivity index (χ0) is 24.9. The molecule has 184 valence electrons. The van der Waals surface area contributed by atoms with Crippen LogP contribution < -0.4 is 19.5 Å². The molecular weight excluding hydrogens is 452 g/mol. The highest BCUT2D eigenvalue weighted by Gasteiger charge is 2.16. The van der Waals surface area contributed by atoms with Gasteiger partial charge >= 0.3 is 0 Å². The van der Waals surface area contributed by atoms with Crippen molar-refractivity contribution in [3.8, 4) is 23.0 Å². The number of pyridine rings is 1. The molecule has 1 aliphatic carbocycles. The van der Waals surface area contributed by atoms with Crippen LogP contribution in [0.5, 0.6) is 23.0 Å². The Labute approximate surface area is 211 Å². The van der Waals surface area contributed by atoms with Gasteiger partial charge in [-0.2, -0.15) is 0 Å². The number of anilines is 1. The summed E-state index contributed by atoms with van der Waals surface area (Å²) in [6.45, 7) is 0. The topological polar surface area (TPSA) is 69.7 Å². The third-order valence-corrected chi connectivity index (χ3v) is 6.80. The molecule has 1 saturated carbocycles. The van der Waals surface area contributed by atoms with Crippen molar-refractivity contribution in [1.29, 1.82) is 0 Å². The number of amides is 1. The summed E-state index contributed by atoms with van der Waals surface area (Å²) >= 11 is 0. The Morgan fingerprint density at radius 1 is 0.833 bits per heavy atom. The van der Waals surface area contributed by atoms with E-state index in [0.717, 1.165) is 10.9 Å². The molecule has 1 amide bonds. The van der Waals surface area contributed by atoms with Crippen molar-refractivity contribution >= 4 is 22.5 Å². The minimum atomic E-state index is -0.125. The summed E-state index contributed by atoms with van der Waals surface area (Å²) in [4.78, 5) is 17.2. The Morgan fingerprint density at radius 3 is 2.22 bits per heavy atom. The summed E-state index contributed by atoms with van der Waals surface area (Å²) < 4.78 is 16.9. The van der Waals surface area contributed by atoms with Gasteiger partial charge < -0.3 is 19.5 Å². The molecule has 5 rings (SSSR count). The normalized spacial score (nSPS) is 13.8. The number of benzene rings is 3. The zero-order valence-corrected chi connectivity index (χ0v) is 20.6. The van der Waals surface area contributed by atoms with Crippen molar-refractivity contribution in [3.05, 3.63) is 84.1 Å². The maximum atomic E-state index is 12.8. The highest BCUT2D eigenvalue weighted by molar-refractivity contribution is 6.04. The third kappa shape index (κ3) is 5.13. The Kier molecular flexibility index (Phi) is 7.03. The van der Waals surface area contributed by atoms with E-state index in [-0.39, 0.29) is 5.91 Å². The van der Waals surface area contributed by atoms with Gasteiger partial charge in [0.2, 0.25) is 0 Å². The first kappa shape index (κ1) is 23.7. The van der Waals surface area contributed by atoms with Crippen LogP contribution in [0.3, 0.4) is 0 Å². The fourth-order valence-corrected chi connectivity index (χ4v) is 4.82. The predicted molar refractivity (Wildman–Crippen MR) is 142 cm³/mol. The van der Waals surface area contributed by atoms with Crippen molar-refractivity contribution in [1.82, 2.24) is 4.98 Å². The number of carbonyl (C=O) groups excluding carboxylic acids is 1. The van der Waals surface area contributed by atoms with Crippen LogP contribution in [0.2, 0.25) is 0 Å². The van der Waals surface area contributed by atoms with E-state index in [1.54, 1.807) is 26.5 Å². The van der Waals surface area contributed by atoms with Gasteiger partial charge in [-0.3, -0.25) is 9.78 Å². The lowest BCUT2D eigenvalue weighted by atomic mass is 9.84. The second kappa shape index (κ2) is 10.7. The number of methoxy groups -OCH3 is 2. The number of nitrogens with one attached hydrogen (secondary N) is 1. The lowest BCUT2D eigenvalue weighted by Crippen LogP contribution is -2.12. The first-order valence-electron chi connectivity index (χ1n) is 12.3. The molecule has 1 aliphatic rings. The standard InChI is InChI=1S/C30H30N2O4/c1-34-28-18-25-26(19-29(28)35-2)31-17-16-27(25)36-24-14-12-23(13-15-24)32-30(33)22-10-8-21(9-11-22)20-6-4-3-5-7-20/h8-20H,3-7H2,1-2H3,(H,32,33). The zero-order valence-electron chi connectivity index (χ0n) is 20.6. The van der Waals surface area contributed by atoms with Gasteiger partial charge in [-0.05, 0) is 72.9 Å². The molecule has 0 radical (unpaired) electrons. The molecule has 0 unspecified atom stereocenters. The van der Waals surface area contributed by atoms with E-state index >= 15 is 0 Å². The van der Waals surface area contributed by atoms with Gasteiger partial charge in [0.25, 0.3) is 5.91 Å². The summed E-state index contributed by atoms with van der Waals surface area (Å²) in [6.07, 6.45) is 8.12. The van der Waals surface area contributed by atoms with Crippen LogP contribution in [0.25, 0.3) is 10.9 Å². The molecule has 36 heavy (non-hydrogen) atoms. The number of ether oxygens (including phenoxy) is 3. The average Bonchev–Trinajstić information content (AvgIpc) is 2.94. The van der Waals surface area contributed by atoms with E-state index in [9.17, 15) is 4.79 Å². The van der Waals surface area contributed by atoms with Crippen molar-refractivity contribution < 1.29 is 19.0 Å². The number of carbonyl (C=O) groups is 1. The van der Waals surface area contributed by atoms with E-state index < -0.39 is 0 Å². The van der Waals surface area contributed by atoms with E-state index in [1.807, 2.05) is 48.5 Å². The fraction of sp³-hybridized carbons (Fsp3) is 0.267. The summed E-state index contributed by atoms with van der Waals surface area (Å²) in [5.74, 6) is 3.01. The van der Waals surface area contributed by atoms with Crippen molar-refractivity contribution in [3.63, 3.8) is 0 Å². The predicted octanol–water partition coefficient (Wildman–Crippen LogP) is 7.34. The number of hydrogen-bond donors (Lipinski definition) is 1. The minimum absolute atomic E-state index is 0.125. The maximum absolute atomic E-state index is 12.8. The summed E-state index contributed by atoms with van der Waals surface area (Å²) in [5, 5.41) is 3.78. The summed E-state index contributed by atoms with van der Waals surface area (Å²) in [5.41, 5.74) is 3.44. The number of nitrogens with zero attached hydrogens (tertiary/aromatic N) is 1. The third-order valence-electron chi connectivity index (χ3n) is 6.80. The molecule has 4 aromatic rings. The van der Waals surface area contributed by atoms with Gasteiger partial charge in [0.05, 0.1) is 19.7 Å². The first-order valence-corrected chi connectivity index (χ1v) is 12.3. The van der Waals surface area contributed by atoms with Gasteiger partial charge in [0.15, 0.2) is 11.5 Å². The highest BCUT2D eigenvalue weighted by Crippen LogP contribution is 2.37. The quantitative estimate of drug-likeness (QED) is 0.298. The molecule has 0 bridgehead atoms. The van der Waals surface area contributed by atoms with Gasteiger partial charge in [-0.25, -0.2) is 0 Å². The molecular formula is C30H30N2O4. The summed E-state index contributed by atoms with van der Waals surface area (Å²) in [7, 11) is 3.19. The Morgan fingerprint density at radius 2 is 1.53 bits per heavy atom. The SMILES string of the molecule is COc1cc2nccc(Oc3ccc(NC(=O)c4ccc(C5CCCCC5)cc4)cc3)c2cc1OC. The second-order valence-corrected chi connectivity index (χ2v) is 9.07. The van der Waals surface area contributed by atoms with Gasteiger partial charge in [-0.1, -0.05) is 31.4 Å². The van der Waals surface area contributed by atoms with Gasteiger partial charge in [0.1, 0.15) is 11.5 Å². The average molecular weight is 483 g/mol. The maximum Gasteiger partial charge on any atom is 0.255 e. The van der Waals surface area contributed by atoms with Crippen LogP contribution in [0.15, 0.2) is 72.9 Å². The van der Waals surface area contributed by atoms with E-state index in [2.05, 4.69) is 22.4 Å². The molecule has 0 saturated heterocycles. The lowest BCUT2D eigenvalue weighted by molar-refractivity contribution is 0.102. The van der Waals surface area contributed by atoms with Crippen LogP contribution >= 0.6 is 0 Å². The van der Waals surface area contributed by atoms with Crippen LogP contribution in [-0.2, 0) is 0 Å². The number of aromatic nitrogens is 1. The first-order chi connectivity index (χ1) is 17.6. The van der Waals surface area contributed by atoms with Gasteiger partial charge in [0, 0.05) is 28.9 Å². The highest BCUT2D eigenvalue weighted by atomic mass is 16.5. The smallest absolute Gasteiger partial charge is 0.255 e. The number of hydrogen-bond acceptors (Lipinski definition) is 5. The van der Waals surface area contributed by atoms with E-state index in [4.69, 9.17) is 14.2 Å². The summed E-state index contributed by atoms with van der Waals surface area (Å²) in [6, 6.07) is 20.9. The number of fused-ring (bicyclic) bond motifs is 1. The fourth-order valence-electron chi connectivity index (χ4n) is 4.82. The van der Waals surface area contributed by atoms with E-state index in [1.165, 1.54) is 37.7 Å². The van der Waals surface area contributed by atoms with Crippen LogP contribution in [-0.4, -0.2) is 25.1 Å². The Hall–Kier alpha value is -4.06. The molecule has 0 aliphatic heterocycles. The molecule has 1 heterocycles. The molecule has 3 aromatic carbocycles. The molecule has 6 nitrogen and oxygen atoms in total. The van der Waals surface area contributed by atoms with Crippen LogP contribution in [0.4, 0.5) is 5.69 Å². The van der Waals surface area contributed by atoms with Crippen LogP contribution in [0.1, 0.15) is 53.9 Å². The molecule has 1 N–H and O–H groups in total. The monoisotopic (exact) mass is 482 g/mol.